The fourth-order valence-corrected chi connectivity index (χ4v) is 4.84. The van der Waals surface area contributed by atoms with E-state index in [2.05, 4.69) is 24.3 Å². The van der Waals surface area contributed by atoms with E-state index in [0.717, 1.165) is 33.4 Å². The van der Waals surface area contributed by atoms with Crippen molar-refractivity contribution in [2.24, 2.45) is 11.5 Å². The summed E-state index contributed by atoms with van der Waals surface area (Å²) in [6.45, 7) is 0.0738. The van der Waals surface area contributed by atoms with Crippen LogP contribution >= 0.6 is 0 Å². The summed E-state index contributed by atoms with van der Waals surface area (Å²) in [5.41, 5.74) is 15.1. The summed E-state index contributed by atoms with van der Waals surface area (Å²) in [6.07, 6.45) is -1.68. The molecule has 7 heteroatoms. The fourth-order valence-electron chi connectivity index (χ4n) is 4.84. The molecule has 180 valence electrons. The molecule has 0 saturated carbocycles. The van der Waals surface area contributed by atoms with Gasteiger partial charge in [-0.05, 0) is 40.5 Å². The van der Waals surface area contributed by atoms with Crippen molar-refractivity contribution in [2.45, 2.75) is 18.6 Å². The molecule has 36 heavy (non-hydrogen) atoms. The van der Waals surface area contributed by atoms with Crippen LogP contribution in [0.25, 0.3) is 0 Å². The predicted molar refractivity (Wildman–Crippen MR) is 134 cm³/mol. The van der Waals surface area contributed by atoms with Crippen LogP contribution in [0.4, 0.5) is 9.59 Å². The molecule has 0 spiro atoms. The Hall–Kier alpha value is -4.78. The molecule has 4 aromatic rings. The molecule has 4 N–H and O–H groups in total. The average molecular weight is 481 g/mol. The normalized spacial score (nSPS) is 13.0. The van der Waals surface area contributed by atoms with Crippen molar-refractivity contribution in [3.05, 3.63) is 130 Å². The molecule has 0 aliphatic carbocycles. The first-order valence-corrected chi connectivity index (χ1v) is 11.4. The third-order valence-electron chi connectivity index (χ3n) is 6.29. The molecule has 0 saturated heterocycles. The Kier molecular flexibility index (Phi) is 6.04. The van der Waals surface area contributed by atoms with Gasteiger partial charge in [0.1, 0.15) is 24.7 Å². The highest BCUT2D eigenvalue weighted by molar-refractivity contribution is 5.70. The lowest BCUT2D eigenvalue weighted by atomic mass is 9.63. The molecule has 1 aliphatic rings. The maximum Gasteiger partial charge on any atom is 0.404 e. The molecule has 2 amide bonds. The molecular formula is C29H24N2O5. The van der Waals surface area contributed by atoms with Crippen molar-refractivity contribution in [3.8, 4) is 11.5 Å². The second-order valence-electron chi connectivity index (χ2n) is 8.46. The van der Waals surface area contributed by atoms with Gasteiger partial charge in [0.25, 0.3) is 0 Å². The lowest BCUT2D eigenvalue weighted by Crippen LogP contribution is -2.34. The molecule has 4 aromatic carbocycles. The standard InChI is InChI=1S/C29H24N2O5/c30-27(32)34-17-19-12-14-25-24(15-19)29(21-7-3-1-4-8-21,22-9-5-2-6-10-22)23-13-11-20(16-26(23)36-25)18-35-28(31)33/h1-16H,17-18H2,(H2,30,32)(H2,31,33). The second-order valence-corrected chi connectivity index (χ2v) is 8.46. The van der Waals surface area contributed by atoms with Gasteiger partial charge in [0.15, 0.2) is 0 Å². The zero-order valence-corrected chi connectivity index (χ0v) is 19.3. The van der Waals surface area contributed by atoms with Crippen LogP contribution in [0.3, 0.4) is 0 Å². The third-order valence-corrected chi connectivity index (χ3v) is 6.29. The van der Waals surface area contributed by atoms with E-state index >= 15 is 0 Å². The Bertz CT molecular complexity index is 1380. The summed E-state index contributed by atoms with van der Waals surface area (Å²) in [5, 5.41) is 0. The van der Waals surface area contributed by atoms with Gasteiger partial charge in [-0.1, -0.05) is 78.9 Å². The summed E-state index contributed by atoms with van der Waals surface area (Å²) >= 11 is 0. The quantitative estimate of drug-likeness (QED) is 0.339. The van der Waals surface area contributed by atoms with Crippen molar-refractivity contribution in [3.63, 3.8) is 0 Å². The van der Waals surface area contributed by atoms with Gasteiger partial charge >= 0.3 is 12.2 Å². The SMILES string of the molecule is NC(=O)OCc1ccc2c(c1)Oc1ccc(COC(N)=O)cc1C2(c1ccccc1)c1ccccc1. The van der Waals surface area contributed by atoms with Gasteiger partial charge < -0.3 is 25.7 Å². The van der Waals surface area contributed by atoms with Crippen LogP contribution in [-0.2, 0) is 28.1 Å². The highest BCUT2D eigenvalue weighted by Crippen LogP contribution is 2.55. The van der Waals surface area contributed by atoms with Crippen molar-refractivity contribution in [1.29, 1.82) is 0 Å². The number of amides is 2. The van der Waals surface area contributed by atoms with Crippen molar-refractivity contribution < 1.29 is 23.8 Å². The zero-order chi connectivity index (χ0) is 25.1. The maximum atomic E-state index is 11.3. The van der Waals surface area contributed by atoms with E-state index in [1.165, 1.54) is 0 Å². The summed E-state index contributed by atoms with van der Waals surface area (Å²) in [4.78, 5) is 22.4. The van der Waals surface area contributed by atoms with Gasteiger partial charge in [-0.3, -0.25) is 0 Å². The van der Waals surface area contributed by atoms with E-state index in [0.29, 0.717) is 11.5 Å². The number of benzene rings is 4. The zero-order valence-electron chi connectivity index (χ0n) is 19.3. The molecule has 1 heterocycles. The third kappa shape index (κ3) is 4.11. The number of hydrogen-bond donors (Lipinski definition) is 2. The highest BCUT2D eigenvalue weighted by Gasteiger charge is 2.45. The predicted octanol–water partition coefficient (Wildman–Crippen LogP) is 5.37. The van der Waals surface area contributed by atoms with Gasteiger partial charge in [-0.2, -0.15) is 0 Å². The van der Waals surface area contributed by atoms with Crippen LogP contribution in [0.2, 0.25) is 0 Å². The Morgan fingerprint density at radius 2 is 1.17 bits per heavy atom. The number of ether oxygens (including phenoxy) is 3. The molecule has 0 aromatic heterocycles. The van der Waals surface area contributed by atoms with Crippen LogP contribution in [0.5, 0.6) is 11.5 Å². The van der Waals surface area contributed by atoms with Crippen LogP contribution in [0.15, 0.2) is 97.1 Å². The van der Waals surface area contributed by atoms with Gasteiger partial charge in [0.05, 0.1) is 5.41 Å². The maximum absolute atomic E-state index is 11.3. The fraction of sp³-hybridized carbons (Fsp3) is 0.103. The van der Waals surface area contributed by atoms with Crippen LogP contribution in [-0.4, -0.2) is 12.2 Å². The van der Waals surface area contributed by atoms with Gasteiger partial charge in [0.2, 0.25) is 0 Å². The number of primary amides is 2. The Morgan fingerprint density at radius 3 is 1.72 bits per heavy atom. The largest absolute Gasteiger partial charge is 0.457 e. The minimum Gasteiger partial charge on any atom is -0.457 e. The number of carbonyl (C=O) groups excluding carboxylic acids is 2. The molecule has 0 atom stereocenters. The first kappa shape index (κ1) is 23.0. The first-order chi connectivity index (χ1) is 17.5. The molecule has 0 radical (unpaired) electrons. The second kappa shape index (κ2) is 9.46. The van der Waals surface area contributed by atoms with E-state index < -0.39 is 17.6 Å². The number of hydrogen-bond acceptors (Lipinski definition) is 5. The molecule has 5 rings (SSSR count). The summed E-state index contributed by atoms with van der Waals surface area (Å²) in [7, 11) is 0. The van der Waals surface area contributed by atoms with Crippen molar-refractivity contribution in [1.82, 2.24) is 0 Å². The topological polar surface area (TPSA) is 114 Å². The van der Waals surface area contributed by atoms with Crippen LogP contribution < -0.4 is 16.2 Å². The van der Waals surface area contributed by atoms with E-state index in [4.69, 9.17) is 25.7 Å². The van der Waals surface area contributed by atoms with E-state index in [1.54, 1.807) is 0 Å². The molecule has 0 unspecified atom stereocenters. The van der Waals surface area contributed by atoms with Gasteiger partial charge in [-0.15, -0.1) is 0 Å². The summed E-state index contributed by atoms with van der Waals surface area (Å²) in [5.74, 6) is 1.30. The highest BCUT2D eigenvalue weighted by atomic mass is 16.5. The molecule has 1 aliphatic heterocycles. The smallest absolute Gasteiger partial charge is 0.404 e. The Labute approximate surface area is 208 Å². The number of carbonyl (C=O) groups is 2. The van der Waals surface area contributed by atoms with Crippen molar-refractivity contribution >= 4 is 12.2 Å². The minimum absolute atomic E-state index is 0.0336. The summed E-state index contributed by atoms with van der Waals surface area (Å²) < 4.78 is 16.5. The molecule has 0 bridgehead atoms. The van der Waals surface area contributed by atoms with Gasteiger partial charge in [0, 0.05) is 11.1 Å². The minimum atomic E-state index is -0.840. The number of fused-ring (bicyclic) bond motifs is 2. The Morgan fingerprint density at radius 1 is 0.639 bits per heavy atom. The monoisotopic (exact) mass is 480 g/mol. The van der Waals surface area contributed by atoms with E-state index in [-0.39, 0.29) is 13.2 Å². The number of nitrogens with two attached hydrogens (primary N) is 2. The summed E-state index contributed by atoms with van der Waals surface area (Å²) in [6, 6.07) is 31.8. The molecular weight excluding hydrogens is 456 g/mol. The van der Waals surface area contributed by atoms with Gasteiger partial charge in [-0.25, -0.2) is 9.59 Å². The number of rotatable bonds is 6. The van der Waals surface area contributed by atoms with Crippen LogP contribution in [0, 0.1) is 0 Å². The Balaban J connectivity index is 1.78. The van der Waals surface area contributed by atoms with E-state index in [9.17, 15) is 9.59 Å². The lowest BCUT2D eigenvalue weighted by molar-refractivity contribution is 0.149. The average Bonchev–Trinajstić information content (AvgIpc) is 2.90. The van der Waals surface area contributed by atoms with Crippen molar-refractivity contribution in [2.75, 3.05) is 0 Å². The van der Waals surface area contributed by atoms with E-state index in [1.807, 2.05) is 72.8 Å². The lowest BCUT2D eigenvalue weighted by Gasteiger charge is -2.42. The first-order valence-electron chi connectivity index (χ1n) is 11.4. The molecule has 0 fully saturated rings. The molecule has 7 nitrogen and oxygen atoms in total. The van der Waals surface area contributed by atoms with Crippen LogP contribution in [0.1, 0.15) is 33.4 Å².